The predicted molar refractivity (Wildman–Crippen MR) is 105 cm³/mol. The fourth-order valence-corrected chi connectivity index (χ4v) is 4.46. The Hall–Kier alpha value is -2.80. The molecule has 136 valence electrons. The molecule has 6 nitrogen and oxygen atoms in total. The molecule has 2 heterocycles. The third kappa shape index (κ3) is 3.08. The van der Waals surface area contributed by atoms with Crippen molar-refractivity contribution in [3.05, 3.63) is 47.5 Å². The second kappa shape index (κ2) is 6.42. The van der Waals surface area contributed by atoms with E-state index >= 15 is 0 Å². The Kier molecular flexibility index (Phi) is 3.89. The van der Waals surface area contributed by atoms with Crippen molar-refractivity contribution in [2.24, 2.45) is 5.92 Å². The smallest absolute Gasteiger partial charge is 0.231 e. The van der Waals surface area contributed by atoms with Crippen LogP contribution in [0.5, 0.6) is 0 Å². The molecule has 0 bridgehead atoms. The van der Waals surface area contributed by atoms with E-state index in [4.69, 9.17) is 0 Å². The van der Waals surface area contributed by atoms with Gasteiger partial charge in [-0.15, -0.1) is 10.2 Å². The SMILES string of the molecule is O=C(Nc1nnc(C2CC2)s1)C1CC(=O)N(c2cccc3ccccc23)C1. The minimum atomic E-state index is -0.384. The fourth-order valence-electron chi connectivity index (χ4n) is 3.55. The zero-order chi connectivity index (χ0) is 18.4. The first-order valence-electron chi connectivity index (χ1n) is 9.11. The van der Waals surface area contributed by atoms with Crippen LogP contribution in [0, 0.1) is 5.92 Å². The van der Waals surface area contributed by atoms with Crippen LogP contribution >= 0.6 is 11.3 Å². The van der Waals surface area contributed by atoms with Gasteiger partial charge >= 0.3 is 0 Å². The molecular weight excluding hydrogens is 360 g/mol. The number of benzene rings is 2. The standard InChI is InChI=1S/C20H18N4O2S/c25-17-10-14(18(26)21-20-23-22-19(27-20)13-8-9-13)11-24(17)16-7-3-5-12-4-1-2-6-15(12)16/h1-7,13-14H,8-11H2,(H,21,23,26). The number of anilines is 2. The van der Waals surface area contributed by atoms with Crippen molar-refractivity contribution in [2.75, 3.05) is 16.8 Å². The number of aromatic nitrogens is 2. The highest BCUT2D eigenvalue weighted by Crippen LogP contribution is 2.42. The molecule has 1 unspecified atom stereocenters. The van der Waals surface area contributed by atoms with Crippen LogP contribution in [0.15, 0.2) is 42.5 Å². The zero-order valence-electron chi connectivity index (χ0n) is 14.6. The lowest BCUT2D eigenvalue weighted by Gasteiger charge is -2.18. The normalized spacial score (nSPS) is 19.6. The Morgan fingerprint density at radius 1 is 1.11 bits per heavy atom. The first kappa shape index (κ1) is 16.4. The number of carbonyl (C=O) groups excluding carboxylic acids is 2. The minimum Gasteiger partial charge on any atom is -0.311 e. The topological polar surface area (TPSA) is 75.2 Å². The van der Waals surface area contributed by atoms with Gasteiger partial charge in [0, 0.05) is 24.3 Å². The van der Waals surface area contributed by atoms with Crippen molar-refractivity contribution >= 4 is 44.7 Å². The molecule has 1 aromatic heterocycles. The van der Waals surface area contributed by atoms with Crippen LogP contribution in [0.1, 0.15) is 30.2 Å². The molecule has 1 N–H and O–H groups in total. The van der Waals surface area contributed by atoms with Gasteiger partial charge in [-0.3, -0.25) is 9.59 Å². The highest BCUT2D eigenvalue weighted by Gasteiger charge is 2.36. The Bertz CT molecular complexity index is 1040. The van der Waals surface area contributed by atoms with Gasteiger partial charge in [0.05, 0.1) is 11.6 Å². The number of carbonyl (C=O) groups is 2. The molecule has 2 fully saturated rings. The number of hydrogen-bond donors (Lipinski definition) is 1. The van der Waals surface area contributed by atoms with Crippen LogP contribution in [-0.4, -0.2) is 28.6 Å². The van der Waals surface area contributed by atoms with Gasteiger partial charge in [-0.2, -0.15) is 0 Å². The van der Waals surface area contributed by atoms with Gasteiger partial charge in [0.1, 0.15) is 5.01 Å². The molecule has 2 aromatic carbocycles. The average Bonchev–Trinajstić information content (AvgIpc) is 3.31. The maximum Gasteiger partial charge on any atom is 0.231 e. The Balaban J connectivity index is 1.34. The van der Waals surface area contributed by atoms with Crippen LogP contribution < -0.4 is 10.2 Å². The molecule has 3 aromatic rings. The second-order valence-corrected chi connectivity index (χ2v) is 8.12. The molecule has 1 aliphatic heterocycles. The average molecular weight is 378 g/mol. The van der Waals surface area contributed by atoms with Crippen molar-refractivity contribution in [1.29, 1.82) is 0 Å². The van der Waals surface area contributed by atoms with E-state index in [9.17, 15) is 9.59 Å². The molecule has 5 rings (SSSR count). The summed E-state index contributed by atoms with van der Waals surface area (Å²) in [4.78, 5) is 27.0. The van der Waals surface area contributed by atoms with Crippen LogP contribution in [0.25, 0.3) is 10.8 Å². The van der Waals surface area contributed by atoms with E-state index in [0.29, 0.717) is 17.6 Å². The lowest BCUT2D eigenvalue weighted by Crippen LogP contribution is -2.28. The third-order valence-corrected chi connectivity index (χ3v) is 6.15. The monoisotopic (exact) mass is 378 g/mol. The van der Waals surface area contributed by atoms with E-state index in [0.717, 1.165) is 34.3 Å². The van der Waals surface area contributed by atoms with Crippen molar-refractivity contribution < 1.29 is 9.59 Å². The van der Waals surface area contributed by atoms with E-state index in [1.165, 1.54) is 11.3 Å². The van der Waals surface area contributed by atoms with E-state index in [-0.39, 0.29) is 24.2 Å². The van der Waals surface area contributed by atoms with Gasteiger partial charge in [-0.25, -0.2) is 0 Å². The number of nitrogens with zero attached hydrogens (tertiary/aromatic N) is 3. The van der Waals surface area contributed by atoms with Crippen molar-refractivity contribution in [1.82, 2.24) is 10.2 Å². The first-order chi connectivity index (χ1) is 13.2. The van der Waals surface area contributed by atoms with Gasteiger partial charge < -0.3 is 10.2 Å². The predicted octanol–water partition coefficient (Wildman–Crippen LogP) is 3.56. The minimum absolute atomic E-state index is 0.0255. The van der Waals surface area contributed by atoms with Gasteiger partial charge in [-0.1, -0.05) is 47.7 Å². The molecule has 1 saturated heterocycles. The maximum absolute atomic E-state index is 12.6. The quantitative estimate of drug-likeness (QED) is 0.753. The molecular formula is C20H18N4O2S. The molecule has 27 heavy (non-hydrogen) atoms. The van der Waals surface area contributed by atoms with Gasteiger partial charge in [0.25, 0.3) is 0 Å². The Morgan fingerprint density at radius 3 is 2.78 bits per heavy atom. The number of nitrogens with one attached hydrogen (secondary N) is 1. The van der Waals surface area contributed by atoms with Crippen LogP contribution in [-0.2, 0) is 9.59 Å². The number of rotatable bonds is 4. The van der Waals surface area contributed by atoms with Crippen LogP contribution in [0.4, 0.5) is 10.8 Å². The fraction of sp³-hybridized carbons (Fsp3) is 0.300. The molecule has 2 amide bonds. The molecule has 1 aliphatic carbocycles. The maximum atomic E-state index is 12.6. The summed E-state index contributed by atoms with van der Waals surface area (Å²) in [5.41, 5.74) is 0.861. The lowest BCUT2D eigenvalue weighted by atomic mass is 10.1. The van der Waals surface area contributed by atoms with Gasteiger partial charge in [-0.05, 0) is 24.3 Å². The summed E-state index contributed by atoms with van der Waals surface area (Å²) in [5.74, 6) is -0.0557. The van der Waals surface area contributed by atoms with Crippen LogP contribution in [0.2, 0.25) is 0 Å². The van der Waals surface area contributed by atoms with E-state index in [2.05, 4.69) is 15.5 Å². The largest absolute Gasteiger partial charge is 0.311 e. The van der Waals surface area contributed by atoms with E-state index in [1.54, 1.807) is 4.90 Å². The number of amides is 2. The lowest BCUT2D eigenvalue weighted by molar-refractivity contribution is -0.122. The summed E-state index contributed by atoms with van der Waals surface area (Å²) in [7, 11) is 0. The highest BCUT2D eigenvalue weighted by atomic mass is 32.1. The number of fused-ring (bicyclic) bond motifs is 1. The molecule has 2 aliphatic rings. The summed E-state index contributed by atoms with van der Waals surface area (Å²) in [6.45, 7) is 0.382. The Labute approximate surface area is 160 Å². The van der Waals surface area contributed by atoms with Crippen molar-refractivity contribution in [3.63, 3.8) is 0 Å². The van der Waals surface area contributed by atoms with Crippen molar-refractivity contribution in [2.45, 2.75) is 25.2 Å². The van der Waals surface area contributed by atoms with Gasteiger partial charge in [0.15, 0.2) is 0 Å². The molecule has 1 atom stereocenters. The molecule has 7 heteroatoms. The summed E-state index contributed by atoms with van der Waals surface area (Å²) in [6.07, 6.45) is 2.52. The molecule has 0 spiro atoms. The summed E-state index contributed by atoms with van der Waals surface area (Å²) in [6, 6.07) is 13.9. The van der Waals surface area contributed by atoms with Gasteiger partial charge in [0.2, 0.25) is 16.9 Å². The molecule has 1 saturated carbocycles. The second-order valence-electron chi connectivity index (χ2n) is 7.11. The van der Waals surface area contributed by atoms with E-state index in [1.807, 2.05) is 42.5 Å². The van der Waals surface area contributed by atoms with E-state index < -0.39 is 0 Å². The first-order valence-corrected chi connectivity index (χ1v) is 9.93. The van der Waals surface area contributed by atoms with Crippen LogP contribution in [0.3, 0.4) is 0 Å². The summed E-state index contributed by atoms with van der Waals surface area (Å²) in [5, 5.41) is 14.7. The summed E-state index contributed by atoms with van der Waals surface area (Å²) < 4.78 is 0. The zero-order valence-corrected chi connectivity index (χ0v) is 15.4. The third-order valence-electron chi connectivity index (χ3n) is 5.15. The molecule has 0 radical (unpaired) electrons. The van der Waals surface area contributed by atoms with Crippen molar-refractivity contribution in [3.8, 4) is 0 Å². The number of hydrogen-bond acceptors (Lipinski definition) is 5. The summed E-state index contributed by atoms with van der Waals surface area (Å²) >= 11 is 1.44. The Morgan fingerprint density at radius 2 is 1.93 bits per heavy atom. The highest BCUT2D eigenvalue weighted by molar-refractivity contribution is 7.15.